The summed E-state index contributed by atoms with van der Waals surface area (Å²) in [6.45, 7) is 12.7. The summed E-state index contributed by atoms with van der Waals surface area (Å²) in [5.41, 5.74) is -1.77. The summed E-state index contributed by atoms with van der Waals surface area (Å²) in [7, 11) is 0. The van der Waals surface area contributed by atoms with Crippen LogP contribution in [0.1, 0.15) is 106 Å². The van der Waals surface area contributed by atoms with Gasteiger partial charge in [-0.25, -0.2) is 4.79 Å². The van der Waals surface area contributed by atoms with Crippen molar-refractivity contribution < 1.29 is 119 Å². The van der Waals surface area contributed by atoms with Gasteiger partial charge >= 0.3 is 5.97 Å². The Morgan fingerprint density at radius 3 is 1.79 bits per heavy atom. The van der Waals surface area contributed by atoms with Crippen LogP contribution in [0.3, 0.4) is 0 Å². The van der Waals surface area contributed by atoms with Crippen molar-refractivity contribution in [1.82, 2.24) is 0 Å². The third-order valence-corrected chi connectivity index (χ3v) is 21.8. The lowest BCUT2D eigenvalue weighted by molar-refractivity contribution is -0.396. The van der Waals surface area contributed by atoms with E-state index < -0.39 is 176 Å². The molecule has 0 aromatic rings. The minimum atomic E-state index is -2.12. The molecule has 0 aromatic carbocycles. The molecule has 24 heteroatoms. The van der Waals surface area contributed by atoms with Gasteiger partial charge in [0.2, 0.25) is 0 Å². The fourth-order valence-corrected chi connectivity index (χ4v) is 16.6. The SMILES string of the molecule is C[C@@H]1O[C@@H](O[C@H]2[C@H](O[C@H]3[C@H](O[C@H]4CC[C@@]5(C)C(CC[C@]6(C)C5CC=C5[C@@H]7C[C@@](C)(CO[C@@H]8O[C@H](CO)[C@@H](O)[C@H](O)[C@H]8O)C[C@@H](O)[C@]7(C)CC[C@]56C)[C@@]4(C)CO)O[C@H](C(=O)O)[C@@H](O)[C@@H]3O)O[C@H](CO)[C@H](O)[C@@H]2O)[C@H](O)[C@H](O)[C@H]1O. The lowest BCUT2D eigenvalue weighted by Crippen LogP contribution is -2.68. The molecule has 9 aliphatic rings. The second-order valence-electron chi connectivity index (χ2n) is 26.3. The van der Waals surface area contributed by atoms with E-state index in [1.807, 2.05) is 13.8 Å². The predicted molar refractivity (Wildman–Crippen MR) is 265 cm³/mol. The van der Waals surface area contributed by atoms with Gasteiger partial charge in [-0.05, 0) is 104 Å². The van der Waals surface area contributed by atoms with Gasteiger partial charge in [0.1, 0.15) is 85.5 Å². The van der Waals surface area contributed by atoms with Crippen LogP contribution >= 0.6 is 0 Å². The van der Waals surface area contributed by atoms with Crippen LogP contribution in [0.4, 0.5) is 0 Å². The summed E-state index contributed by atoms with van der Waals surface area (Å²) >= 11 is 0. The minimum Gasteiger partial charge on any atom is -0.479 e. The summed E-state index contributed by atoms with van der Waals surface area (Å²) in [6, 6.07) is 0. The third kappa shape index (κ3) is 9.76. The van der Waals surface area contributed by atoms with E-state index in [-0.39, 0.29) is 41.8 Å². The lowest BCUT2D eigenvalue weighted by atomic mass is 9.33. The maximum atomic E-state index is 12.6. The smallest absolute Gasteiger partial charge is 0.335 e. The van der Waals surface area contributed by atoms with Crippen molar-refractivity contribution in [3.63, 3.8) is 0 Å². The molecule has 4 saturated carbocycles. The minimum absolute atomic E-state index is 0.0470. The van der Waals surface area contributed by atoms with Crippen LogP contribution in [0, 0.1) is 50.2 Å². The Hall–Kier alpha value is -1.67. The van der Waals surface area contributed by atoms with Gasteiger partial charge in [0.05, 0.1) is 44.7 Å². The van der Waals surface area contributed by atoms with Crippen molar-refractivity contribution in [1.29, 1.82) is 0 Å². The molecule has 0 aromatic heterocycles. The first-order valence-corrected chi connectivity index (χ1v) is 27.9. The number of hydrogen-bond donors (Lipinski definition) is 15. The first-order chi connectivity index (χ1) is 36.5. The number of ether oxygens (including phenoxy) is 8. The van der Waals surface area contributed by atoms with Crippen LogP contribution in [0.15, 0.2) is 11.6 Å². The van der Waals surface area contributed by atoms with Gasteiger partial charge in [-0.3, -0.25) is 0 Å². The van der Waals surface area contributed by atoms with E-state index in [9.17, 15) is 81.4 Å². The maximum absolute atomic E-state index is 12.6. The van der Waals surface area contributed by atoms with Gasteiger partial charge in [0.25, 0.3) is 0 Å². The van der Waals surface area contributed by atoms with E-state index >= 15 is 0 Å². The molecule has 24 nitrogen and oxygen atoms in total. The molecule has 31 atom stereocenters. The number of allylic oxidation sites excluding steroid dienone is 2. The van der Waals surface area contributed by atoms with E-state index in [1.54, 1.807) is 0 Å². The summed E-state index contributed by atoms with van der Waals surface area (Å²) < 4.78 is 48.1. The third-order valence-electron chi connectivity index (χ3n) is 21.8. The zero-order valence-corrected chi connectivity index (χ0v) is 45.6. The van der Waals surface area contributed by atoms with Crippen molar-refractivity contribution in [3.05, 3.63) is 11.6 Å². The summed E-state index contributed by atoms with van der Waals surface area (Å²) in [4.78, 5) is 12.6. The number of fused-ring (bicyclic) bond motifs is 7. The van der Waals surface area contributed by atoms with Gasteiger partial charge in [-0.15, -0.1) is 0 Å². The number of carboxylic acids is 1. The molecule has 0 spiro atoms. The molecule has 448 valence electrons. The molecular weight excluding hydrogens is 1030 g/mol. The normalized spacial score (nSPS) is 56.4. The van der Waals surface area contributed by atoms with Gasteiger partial charge in [0, 0.05) is 10.8 Å². The summed E-state index contributed by atoms with van der Waals surface area (Å²) in [6.07, 6.45) is -27.6. The van der Waals surface area contributed by atoms with Crippen LogP contribution in [0.25, 0.3) is 0 Å². The second-order valence-corrected chi connectivity index (χ2v) is 26.3. The van der Waals surface area contributed by atoms with Gasteiger partial charge in [0.15, 0.2) is 31.3 Å². The first kappa shape index (κ1) is 60.9. The first-order valence-electron chi connectivity index (χ1n) is 27.9. The quantitative estimate of drug-likeness (QED) is 0.0670. The molecule has 0 amide bonds. The van der Waals surface area contributed by atoms with E-state index in [0.29, 0.717) is 38.5 Å². The fraction of sp³-hybridized carbons (Fsp3) is 0.944. The Labute approximate surface area is 453 Å². The Bertz CT molecular complexity index is 2160. The molecule has 0 radical (unpaired) electrons. The van der Waals surface area contributed by atoms with E-state index in [0.717, 1.165) is 19.3 Å². The topological polar surface area (TPSA) is 394 Å². The number of aliphatic hydroxyl groups is 14. The molecule has 2 unspecified atom stereocenters. The molecular formula is C54H88O24. The molecule has 78 heavy (non-hydrogen) atoms. The summed E-state index contributed by atoms with van der Waals surface area (Å²) in [5.74, 6) is -1.77. The monoisotopic (exact) mass is 1120 g/mol. The highest BCUT2D eigenvalue weighted by Crippen LogP contribution is 2.76. The van der Waals surface area contributed by atoms with Crippen LogP contribution < -0.4 is 0 Å². The number of aliphatic carboxylic acids is 1. The van der Waals surface area contributed by atoms with Crippen LogP contribution in [0.5, 0.6) is 0 Å². The second kappa shape index (κ2) is 22.1. The predicted octanol–water partition coefficient (Wildman–Crippen LogP) is -2.50. The fourth-order valence-electron chi connectivity index (χ4n) is 16.6. The Morgan fingerprint density at radius 1 is 0.590 bits per heavy atom. The maximum Gasteiger partial charge on any atom is 0.335 e. The van der Waals surface area contributed by atoms with Crippen molar-refractivity contribution in [2.75, 3.05) is 26.4 Å². The van der Waals surface area contributed by atoms with Crippen molar-refractivity contribution in [3.8, 4) is 0 Å². The molecule has 4 saturated heterocycles. The zero-order valence-electron chi connectivity index (χ0n) is 45.6. The molecule has 4 aliphatic heterocycles. The van der Waals surface area contributed by atoms with Gasteiger partial charge in [-0.1, -0.05) is 53.2 Å². The number of carbonyl (C=O) groups is 1. The van der Waals surface area contributed by atoms with Gasteiger partial charge < -0.3 is 114 Å². The summed E-state index contributed by atoms with van der Waals surface area (Å²) in [5, 5.41) is 162. The Morgan fingerprint density at radius 2 is 1.17 bits per heavy atom. The average molecular weight is 1120 g/mol. The zero-order chi connectivity index (χ0) is 57.1. The molecule has 0 bridgehead atoms. The Balaban J connectivity index is 0.963. The number of rotatable bonds is 13. The van der Waals surface area contributed by atoms with E-state index in [4.69, 9.17) is 37.9 Å². The highest BCUT2D eigenvalue weighted by atomic mass is 16.8. The molecule has 5 aliphatic carbocycles. The largest absolute Gasteiger partial charge is 0.479 e. The van der Waals surface area contributed by atoms with E-state index in [1.165, 1.54) is 12.5 Å². The van der Waals surface area contributed by atoms with Crippen molar-refractivity contribution in [2.45, 2.75) is 241 Å². The molecule has 9 rings (SSSR count). The average Bonchev–Trinajstić information content (AvgIpc) is 2.58. The van der Waals surface area contributed by atoms with Crippen LogP contribution in [-0.4, -0.2) is 244 Å². The Kier molecular flexibility index (Phi) is 17.2. The molecule has 8 fully saturated rings. The van der Waals surface area contributed by atoms with E-state index in [2.05, 4.69) is 33.8 Å². The standard InChI is InChI=1S/C54H88O24/c1-22-31(59)34(62)40(68)46(72-22)77-42-36(64)33(61)26(19-56)74-47(42)78-43-38(66)37(65)41(44(69)70)76-48(43)75-30-11-12-51(4)27(52(30,5)20-57)10-13-54(7)28(51)9-8-23-24-16-49(2,17-29(58)50(24,3)14-15-53(23,54)6)21-71-45-39(67)35(63)32(60)25(18-55)73-45/h8,22,24-43,45-48,55-68H,9-21H2,1-7H3,(H,69,70)/t22-,24-,25+,26+,27?,28?,29+,30-,31-,32+,33-,34+,35-,36-,37-,38-,39+,40+,41-,42+,43+,45+,46-,47-,48+,49+,50+,51-,52+,53+,54+/m0/s1. The van der Waals surface area contributed by atoms with Crippen molar-refractivity contribution >= 4 is 5.97 Å². The molecule has 4 heterocycles. The van der Waals surface area contributed by atoms with Crippen LogP contribution in [-0.2, 0) is 42.7 Å². The van der Waals surface area contributed by atoms with Crippen LogP contribution in [0.2, 0.25) is 0 Å². The lowest BCUT2D eigenvalue weighted by Gasteiger charge is -2.72. The number of hydrogen-bond acceptors (Lipinski definition) is 23. The number of carboxylic acid groups (broad SMARTS) is 1. The highest BCUT2D eigenvalue weighted by molar-refractivity contribution is 5.73. The number of aliphatic hydroxyl groups excluding tert-OH is 14. The molecule has 15 N–H and O–H groups in total. The highest BCUT2D eigenvalue weighted by Gasteiger charge is 2.70. The van der Waals surface area contributed by atoms with Gasteiger partial charge in [-0.2, -0.15) is 0 Å². The van der Waals surface area contributed by atoms with Crippen molar-refractivity contribution in [2.24, 2.45) is 50.2 Å².